The summed E-state index contributed by atoms with van der Waals surface area (Å²) in [5.74, 6) is 0.807. The molecule has 2 unspecified atom stereocenters. The summed E-state index contributed by atoms with van der Waals surface area (Å²) < 4.78 is 1.01. The van der Waals surface area contributed by atoms with Gasteiger partial charge < -0.3 is 10.6 Å². The summed E-state index contributed by atoms with van der Waals surface area (Å²) >= 11 is 3.38. The summed E-state index contributed by atoms with van der Waals surface area (Å²) in [7, 11) is 0. The predicted octanol–water partition coefficient (Wildman–Crippen LogP) is 3.56. The van der Waals surface area contributed by atoms with Crippen molar-refractivity contribution in [2.45, 2.75) is 38.6 Å². The predicted molar refractivity (Wildman–Crippen MR) is 82.2 cm³/mol. The molecule has 0 spiro atoms. The minimum Gasteiger partial charge on any atom is -0.325 e. The van der Waals surface area contributed by atoms with Gasteiger partial charge in [0.25, 0.3) is 0 Å². The van der Waals surface area contributed by atoms with Gasteiger partial charge in [0, 0.05) is 16.2 Å². The second-order valence-electron chi connectivity index (χ2n) is 5.40. The molecular formula is C15H21BrN2O. The summed E-state index contributed by atoms with van der Waals surface area (Å²) in [5.41, 5.74) is 0.840. The molecule has 0 bridgehead atoms. The molecule has 104 valence electrons. The van der Waals surface area contributed by atoms with Crippen molar-refractivity contribution in [1.29, 1.82) is 0 Å². The second kappa shape index (κ2) is 7.06. The van der Waals surface area contributed by atoms with E-state index in [4.69, 9.17) is 0 Å². The molecule has 0 heterocycles. The van der Waals surface area contributed by atoms with Crippen LogP contribution in [0.25, 0.3) is 0 Å². The van der Waals surface area contributed by atoms with Crippen LogP contribution in [0.5, 0.6) is 0 Å². The minimum atomic E-state index is 0.0283. The van der Waals surface area contributed by atoms with Crippen LogP contribution >= 0.6 is 15.9 Å². The molecule has 1 aromatic carbocycles. The van der Waals surface area contributed by atoms with E-state index in [1.54, 1.807) is 0 Å². The smallest absolute Gasteiger partial charge is 0.238 e. The molecule has 2 rings (SSSR count). The Morgan fingerprint density at radius 1 is 1.32 bits per heavy atom. The van der Waals surface area contributed by atoms with E-state index in [2.05, 4.69) is 33.5 Å². The zero-order valence-electron chi connectivity index (χ0n) is 11.3. The average molecular weight is 325 g/mol. The number of amides is 1. The Bertz CT molecular complexity index is 419. The van der Waals surface area contributed by atoms with Crippen molar-refractivity contribution in [3.05, 3.63) is 28.7 Å². The summed E-state index contributed by atoms with van der Waals surface area (Å²) in [6.07, 6.45) is 4.97. The number of hydrogen-bond donors (Lipinski definition) is 2. The van der Waals surface area contributed by atoms with Crippen molar-refractivity contribution in [3.63, 3.8) is 0 Å². The van der Waals surface area contributed by atoms with Gasteiger partial charge in [-0.3, -0.25) is 4.79 Å². The highest BCUT2D eigenvalue weighted by molar-refractivity contribution is 9.10. The van der Waals surface area contributed by atoms with E-state index in [1.165, 1.54) is 25.7 Å². The van der Waals surface area contributed by atoms with E-state index in [-0.39, 0.29) is 5.91 Å². The first-order valence-corrected chi connectivity index (χ1v) is 7.71. The van der Waals surface area contributed by atoms with Crippen LogP contribution in [-0.4, -0.2) is 18.5 Å². The van der Waals surface area contributed by atoms with Crippen LogP contribution in [-0.2, 0) is 4.79 Å². The van der Waals surface area contributed by atoms with E-state index in [1.807, 2.05) is 24.3 Å². The molecule has 1 aliphatic rings. The van der Waals surface area contributed by atoms with Crippen LogP contribution in [0.15, 0.2) is 28.7 Å². The Balaban J connectivity index is 1.73. The fourth-order valence-corrected chi connectivity index (χ4v) is 2.86. The lowest BCUT2D eigenvalue weighted by atomic mass is 9.87. The Kier molecular flexibility index (Phi) is 5.40. The molecule has 1 saturated carbocycles. The average Bonchev–Trinajstić information content (AvgIpc) is 2.39. The lowest BCUT2D eigenvalue weighted by Crippen LogP contribution is -2.38. The number of anilines is 1. The van der Waals surface area contributed by atoms with Gasteiger partial charge in [-0.2, -0.15) is 0 Å². The lowest BCUT2D eigenvalue weighted by molar-refractivity contribution is -0.115. The Morgan fingerprint density at radius 2 is 2.05 bits per heavy atom. The molecule has 0 aliphatic heterocycles. The fourth-order valence-electron chi connectivity index (χ4n) is 2.59. The highest BCUT2D eigenvalue weighted by Gasteiger charge is 2.18. The standard InChI is InChI=1S/C15H21BrN2O/c1-11-3-2-4-14(9-11)17-10-15(19)18-13-7-5-12(16)6-8-13/h5-8,11,14,17H,2-4,9-10H2,1H3,(H,18,19). The molecule has 19 heavy (non-hydrogen) atoms. The highest BCUT2D eigenvalue weighted by atomic mass is 79.9. The van der Waals surface area contributed by atoms with Gasteiger partial charge in [-0.1, -0.05) is 35.7 Å². The molecular weight excluding hydrogens is 304 g/mol. The third-order valence-electron chi connectivity index (χ3n) is 3.62. The summed E-state index contributed by atoms with van der Waals surface area (Å²) in [4.78, 5) is 11.8. The van der Waals surface area contributed by atoms with Gasteiger partial charge in [-0.05, 0) is 43.0 Å². The molecule has 0 aromatic heterocycles. The summed E-state index contributed by atoms with van der Waals surface area (Å²) in [6, 6.07) is 8.13. The molecule has 4 heteroatoms. The first-order valence-electron chi connectivity index (χ1n) is 6.92. The molecule has 2 atom stereocenters. The number of carbonyl (C=O) groups is 1. The molecule has 0 saturated heterocycles. The van der Waals surface area contributed by atoms with Crippen LogP contribution in [0, 0.1) is 5.92 Å². The number of rotatable bonds is 4. The molecule has 1 amide bonds. The van der Waals surface area contributed by atoms with E-state index < -0.39 is 0 Å². The van der Waals surface area contributed by atoms with Crippen LogP contribution in [0.2, 0.25) is 0 Å². The fraction of sp³-hybridized carbons (Fsp3) is 0.533. The largest absolute Gasteiger partial charge is 0.325 e. The number of nitrogens with one attached hydrogen (secondary N) is 2. The Morgan fingerprint density at radius 3 is 2.74 bits per heavy atom. The van der Waals surface area contributed by atoms with Gasteiger partial charge in [-0.25, -0.2) is 0 Å². The maximum absolute atomic E-state index is 11.8. The third-order valence-corrected chi connectivity index (χ3v) is 4.14. The highest BCUT2D eigenvalue weighted by Crippen LogP contribution is 2.23. The normalized spacial score (nSPS) is 23.1. The third kappa shape index (κ3) is 4.96. The van der Waals surface area contributed by atoms with Crippen molar-refractivity contribution in [3.8, 4) is 0 Å². The second-order valence-corrected chi connectivity index (χ2v) is 6.32. The van der Waals surface area contributed by atoms with Crippen LogP contribution < -0.4 is 10.6 Å². The van der Waals surface area contributed by atoms with E-state index >= 15 is 0 Å². The van der Waals surface area contributed by atoms with Gasteiger partial charge in [0.15, 0.2) is 0 Å². The van der Waals surface area contributed by atoms with Gasteiger partial charge in [0.2, 0.25) is 5.91 Å². The number of benzene rings is 1. The van der Waals surface area contributed by atoms with Gasteiger partial charge >= 0.3 is 0 Å². The quantitative estimate of drug-likeness (QED) is 0.889. The van der Waals surface area contributed by atoms with Gasteiger partial charge in [0.1, 0.15) is 0 Å². The molecule has 1 aromatic rings. The SMILES string of the molecule is CC1CCCC(NCC(=O)Nc2ccc(Br)cc2)C1. The van der Waals surface area contributed by atoms with Crippen molar-refractivity contribution >= 4 is 27.5 Å². The van der Waals surface area contributed by atoms with E-state index in [0.29, 0.717) is 12.6 Å². The zero-order valence-corrected chi connectivity index (χ0v) is 12.9. The van der Waals surface area contributed by atoms with Crippen molar-refractivity contribution < 1.29 is 4.79 Å². The Labute approximate surface area is 123 Å². The van der Waals surface area contributed by atoms with Crippen molar-refractivity contribution in [2.24, 2.45) is 5.92 Å². The van der Waals surface area contributed by atoms with Gasteiger partial charge in [0.05, 0.1) is 6.54 Å². The summed E-state index contributed by atoms with van der Waals surface area (Å²) in [6.45, 7) is 2.68. The van der Waals surface area contributed by atoms with E-state index in [9.17, 15) is 4.79 Å². The Hall–Kier alpha value is -0.870. The number of hydrogen-bond acceptors (Lipinski definition) is 2. The van der Waals surface area contributed by atoms with E-state index in [0.717, 1.165) is 16.1 Å². The van der Waals surface area contributed by atoms with Gasteiger partial charge in [-0.15, -0.1) is 0 Å². The zero-order chi connectivity index (χ0) is 13.7. The summed E-state index contributed by atoms with van der Waals surface area (Å²) in [5, 5.41) is 6.26. The maximum Gasteiger partial charge on any atom is 0.238 e. The molecule has 3 nitrogen and oxygen atoms in total. The first kappa shape index (κ1) is 14.5. The van der Waals surface area contributed by atoms with Crippen LogP contribution in [0.3, 0.4) is 0 Å². The molecule has 0 radical (unpaired) electrons. The lowest BCUT2D eigenvalue weighted by Gasteiger charge is -2.27. The maximum atomic E-state index is 11.8. The van der Waals surface area contributed by atoms with Crippen LogP contribution in [0.4, 0.5) is 5.69 Å². The molecule has 2 N–H and O–H groups in total. The molecule has 1 fully saturated rings. The van der Waals surface area contributed by atoms with Crippen molar-refractivity contribution in [1.82, 2.24) is 5.32 Å². The number of carbonyl (C=O) groups excluding carboxylic acids is 1. The number of halogens is 1. The minimum absolute atomic E-state index is 0.0283. The molecule has 1 aliphatic carbocycles. The topological polar surface area (TPSA) is 41.1 Å². The monoisotopic (exact) mass is 324 g/mol. The van der Waals surface area contributed by atoms with Crippen LogP contribution in [0.1, 0.15) is 32.6 Å². The first-order chi connectivity index (χ1) is 9.13. The van der Waals surface area contributed by atoms with Crippen molar-refractivity contribution in [2.75, 3.05) is 11.9 Å².